The van der Waals surface area contributed by atoms with Crippen molar-refractivity contribution in [2.24, 2.45) is 11.7 Å². The van der Waals surface area contributed by atoms with Gasteiger partial charge in [-0.25, -0.2) is 4.68 Å². The number of ether oxygens (including phenoxy) is 1. The molecule has 0 unspecified atom stereocenters. The van der Waals surface area contributed by atoms with Crippen LogP contribution in [0.4, 0.5) is 0 Å². The molecule has 2 aliphatic heterocycles. The summed E-state index contributed by atoms with van der Waals surface area (Å²) in [5.74, 6) is 0.520. The molecule has 150 valence electrons. The van der Waals surface area contributed by atoms with Gasteiger partial charge in [0.2, 0.25) is 11.7 Å². The predicted octanol–water partition coefficient (Wildman–Crippen LogP) is 0.375. The van der Waals surface area contributed by atoms with Gasteiger partial charge in [0.25, 0.3) is 0 Å². The maximum absolute atomic E-state index is 11.6. The van der Waals surface area contributed by atoms with E-state index in [4.69, 9.17) is 22.1 Å². The molecule has 0 spiro atoms. The summed E-state index contributed by atoms with van der Waals surface area (Å²) < 4.78 is 7.63. The van der Waals surface area contributed by atoms with Crippen LogP contribution < -0.4 is 10.6 Å². The summed E-state index contributed by atoms with van der Waals surface area (Å²) in [5, 5.41) is 13.3. The van der Waals surface area contributed by atoms with Gasteiger partial charge < -0.3 is 15.4 Å². The van der Waals surface area contributed by atoms with Crippen molar-refractivity contribution in [3.8, 4) is 0 Å². The van der Waals surface area contributed by atoms with Gasteiger partial charge in [0.1, 0.15) is 0 Å². The van der Waals surface area contributed by atoms with E-state index < -0.39 is 0 Å². The molecule has 3 heterocycles. The molecule has 2 aliphatic rings. The second kappa shape index (κ2) is 8.55. The first-order chi connectivity index (χ1) is 13.6. The molecule has 1 aromatic heterocycles. The van der Waals surface area contributed by atoms with E-state index in [0.29, 0.717) is 11.6 Å². The van der Waals surface area contributed by atoms with Crippen LogP contribution in [0.2, 0.25) is 5.02 Å². The van der Waals surface area contributed by atoms with E-state index in [9.17, 15) is 4.79 Å². The first kappa shape index (κ1) is 19.3. The minimum Gasteiger partial charge on any atom is -0.376 e. The average Bonchev–Trinajstić information content (AvgIpc) is 3.37. The summed E-state index contributed by atoms with van der Waals surface area (Å²) in [7, 11) is 0. The van der Waals surface area contributed by atoms with Crippen molar-refractivity contribution in [1.29, 1.82) is 0 Å². The van der Waals surface area contributed by atoms with Crippen LogP contribution in [0.3, 0.4) is 0 Å². The van der Waals surface area contributed by atoms with Gasteiger partial charge in [0.05, 0.1) is 30.8 Å². The first-order valence-electron chi connectivity index (χ1n) is 9.89. The number of carbonyl (C=O) groups is 1. The van der Waals surface area contributed by atoms with Crippen molar-refractivity contribution in [1.82, 2.24) is 20.2 Å². The van der Waals surface area contributed by atoms with Gasteiger partial charge in [-0.2, -0.15) is 0 Å². The molecule has 0 radical (unpaired) electrons. The van der Waals surface area contributed by atoms with Gasteiger partial charge in [-0.05, 0) is 29.3 Å². The Morgan fingerprint density at radius 2 is 2.11 bits per heavy atom. The Morgan fingerprint density at radius 1 is 1.32 bits per heavy atom. The van der Waals surface area contributed by atoms with Gasteiger partial charge >= 0.3 is 0 Å². The van der Waals surface area contributed by atoms with Gasteiger partial charge in [-0.3, -0.25) is 4.79 Å². The van der Waals surface area contributed by atoms with Gasteiger partial charge in [0, 0.05) is 30.9 Å². The second-order valence-electron chi connectivity index (χ2n) is 7.64. The lowest BCUT2D eigenvalue weighted by Gasteiger charge is -2.33. The van der Waals surface area contributed by atoms with E-state index >= 15 is 0 Å². The number of hydrogen-bond acceptors (Lipinski definition) is 5. The van der Waals surface area contributed by atoms with Crippen LogP contribution in [0.15, 0.2) is 24.3 Å². The highest BCUT2D eigenvalue weighted by atomic mass is 35.5. The summed E-state index contributed by atoms with van der Waals surface area (Å²) in [5.41, 5.74) is 6.51. The van der Waals surface area contributed by atoms with Crippen LogP contribution in [0.5, 0.6) is 0 Å². The van der Waals surface area contributed by atoms with Gasteiger partial charge in [-0.1, -0.05) is 29.8 Å². The molecule has 2 fully saturated rings. The third-order valence-corrected chi connectivity index (χ3v) is 6.22. The molecule has 0 aliphatic carbocycles. The van der Waals surface area contributed by atoms with E-state index in [2.05, 4.69) is 15.5 Å². The number of benzene rings is 1. The number of nitrogens with two attached hydrogens (primary N) is 1. The zero-order chi connectivity index (χ0) is 19.5. The molecule has 0 saturated carbocycles. The lowest BCUT2D eigenvalue weighted by atomic mass is 9.93. The molecule has 28 heavy (non-hydrogen) atoms. The van der Waals surface area contributed by atoms with Crippen LogP contribution in [-0.2, 0) is 16.1 Å². The molecule has 9 heteroatoms. The number of aromatic nitrogens is 4. The number of likely N-dealkylation sites (tertiary alicyclic amines) is 1. The van der Waals surface area contributed by atoms with Crippen molar-refractivity contribution in [3.63, 3.8) is 0 Å². The highest BCUT2D eigenvalue weighted by Gasteiger charge is 2.37. The van der Waals surface area contributed by atoms with Crippen molar-refractivity contribution in [2.75, 3.05) is 19.7 Å². The van der Waals surface area contributed by atoms with Crippen molar-refractivity contribution >= 4 is 17.5 Å². The number of carbonyl (C=O) groups excluding carboxylic acids is 1. The molecule has 8 nitrogen and oxygen atoms in total. The second-order valence-corrected chi connectivity index (χ2v) is 8.05. The van der Waals surface area contributed by atoms with Crippen LogP contribution in [0, 0.1) is 5.92 Å². The Morgan fingerprint density at radius 3 is 2.79 bits per heavy atom. The molecule has 2 aromatic rings. The van der Waals surface area contributed by atoms with Crippen LogP contribution in [0.25, 0.3) is 0 Å². The average molecular weight is 406 g/mol. The number of halogens is 1. The number of amides is 1. The molecule has 2 atom stereocenters. The monoisotopic (exact) mass is 405 g/mol. The molecule has 2 saturated heterocycles. The van der Waals surface area contributed by atoms with E-state index in [1.807, 2.05) is 28.9 Å². The highest BCUT2D eigenvalue weighted by molar-refractivity contribution is 6.31. The number of tetrazole rings is 1. The Labute approximate surface area is 169 Å². The number of nitrogens with one attached hydrogen (secondary N) is 1. The number of quaternary nitrogens is 1. The van der Waals surface area contributed by atoms with E-state index in [1.165, 1.54) is 4.90 Å². The lowest BCUT2D eigenvalue weighted by Crippen LogP contribution is -3.13. The Bertz CT molecular complexity index is 814. The Hall–Kier alpha value is -2.03. The SMILES string of the molecule is NC(=O)C1CC[NH+]([C@@H](c2ccccc2Cl)c2nnnn2C[C@H]2CCCO2)CC1. The maximum Gasteiger partial charge on any atom is 0.220 e. The number of rotatable bonds is 6. The maximum atomic E-state index is 11.6. The minimum absolute atomic E-state index is 0.0569. The van der Waals surface area contributed by atoms with Crippen LogP contribution in [-0.4, -0.2) is 51.9 Å². The Balaban J connectivity index is 1.64. The van der Waals surface area contributed by atoms with Crippen LogP contribution >= 0.6 is 11.6 Å². The molecule has 1 aromatic carbocycles. The normalized spacial score (nSPS) is 26.2. The molecule has 0 bridgehead atoms. The number of piperidine rings is 1. The zero-order valence-electron chi connectivity index (χ0n) is 15.8. The zero-order valence-corrected chi connectivity index (χ0v) is 16.5. The molecular weight excluding hydrogens is 380 g/mol. The van der Waals surface area contributed by atoms with Gasteiger partial charge in [0.15, 0.2) is 6.04 Å². The first-order valence-corrected chi connectivity index (χ1v) is 10.3. The molecular formula is C19H26ClN6O2+. The standard InChI is InChI=1S/C19H25ClN6O2/c20-16-6-2-1-5-15(16)17(25-9-7-13(8-10-25)18(21)27)19-22-23-24-26(19)12-14-4-3-11-28-14/h1-2,5-6,13-14,17H,3-4,7-12H2,(H2,21,27)/p+1/t14-,17+/m1/s1. The third kappa shape index (κ3) is 4.04. The Kier molecular flexibility index (Phi) is 5.89. The summed E-state index contributed by atoms with van der Waals surface area (Å²) in [6.07, 6.45) is 3.76. The smallest absolute Gasteiger partial charge is 0.220 e. The van der Waals surface area contributed by atoms with E-state index in [-0.39, 0.29) is 24.0 Å². The summed E-state index contributed by atoms with van der Waals surface area (Å²) in [6, 6.07) is 7.74. The molecule has 3 N–H and O–H groups in total. The molecule has 1 amide bonds. The fourth-order valence-corrected chi connectivity index (χ4v) is 4.59. The third-order valence-electron chi connectivity index (χ3n) is 5.87. The fraction of sp³-hybridized carbons (Fsp3) is 0.579. The summed E-state index contributed by atoms with van der Waals surface area (Å²) in [4.78, 5) is 12.9. The van der Waals surface area contributed by atoms with E-state index in [0.717, 1.165) is 56.8 Å². The quantitative estimate of drug-likeness (QED) is 0.723. The lowest BCUT2D eigenvalue weighted by molar-refractivity contribution is -0.931. The fourth-order valence-electron chi connectivity index (χ4n) is 4.34. The molecule has 4 rings (SSSR count). The number of primary amides is 1. The topological polar surface area (TPSA) is 100 Å². The highest BCUT2D eigenvalue weighted by Crippen LogP contribution is 2.26. The van der Waals surface area contributed by atoms with Crippen molar-refractivity contribution < 1.29 is 14.4 Å². The predicted molar refractivity (Wildman–Crippen MR) is 103 cm³/mol. The van der Waals surface area contributed by atoms with Crippen molar-refractivity contribution in [2.45, 2.75) is 44.4 Å². The van der Waals surface area contributed by atoms with Crippen LogP contribution in [0.1, 0.15) is 43.1 Å². The largest absolute Gasteiger partial charge is 0.376 e. The summed E-state index contributed by atoms with van der Waals surface area (Å²) >= 11 is 6.57. The summed E-state index contributed by atoms with van der Waals surface area (Å²) in [6.45, 7) is 3.06. The number of hydrogen-bond donors (Lipinski definition) is 2. The number of nitrogens with zero attached hydrogens (tertiary/aromatic N) is 4. The van der Waals surface area contributed by atoms with Gasteiger partial charge in [-0.15, -0.1) is 5.10 Å². The van der Waals surface area contributed by atoms with Crippen molar-refractivity contribution in [3.05, 3.63) is 40.7 Å². The minimum atomic E-state index is -0.212. The van der Waals surface area contributed by atoms with E-state index in [1.54, 1.807) is 0 Å².